The molecule has 2 aromatic carbocycles. The first-order valence-corrected chi connectivity index (χ1v) is 11.8. The third-order valence-electron chi connectivity index (χ3n) is 4.80. The molecule has 0 unspecified atom stereocenters. The summed E-state index contributed by atoms with van der Waals surface area (Å²) in [5, 5.41) is 0. The molecule has 0 atom stereocenters. The second kappa shape index (κ2) is 10.9. The number of amides is 2. The van der Waals surface area contributed by atoms with Gasteiger partial charge in [-0.05, 0) is 61.9 Å². The van der Waals surface area contributed by atoms with Gasteiger partial charge in [-0.2, -0.15) is 0 Å². The molecule has 0 spiro atoms. The lowest BCUT2D eigenvalue weighted by molar-refractivity contribution is 0.0846. The van der Waals surface area contributed by atoms with E-state index in [4.69, 9.17) is 13.9 Å². The molecular formula is C23H25N3O7S. The first kappa shape index (κ1) is 24.8. The smallest absolute Gasteiger partial charge is 0.270 e. The Labute approximate surface area is 197 Å². The number of benzene rings is 2. The van der Waals surface area contributed by atoms with Crippen molar-refractivity contribution in [2.45, 2.75) is 25.3 Å². The Morgan fingerprint density at radius 3 is 2.44 bits per heavy atom. The van der Waals surface area contributed by atoms with Crippen LogP contribution < -0.4 is 25.0 Å². The van der Waals surface area contributed by atoms with Crippen LogP contribution in [0, 0.1) is 6.92 Å². The van der Waals surface area contributed by atoms with Gasteiger partial charge >= 0.3 is 0 Å². The maximum absolute atomic E-state index is 12.7. The molecule has 3 rings (SSSR count). The molecule has 34 heavy (non-hydrogen) atoms. The topological polar surface area (TPSA) is 136 Å². The molecule has 0 radical (unpaired) electrons. The number of hydrogen-bond donors (Lipinski definition) is 3. The SMILES string of the molecule is CCOc1ccc(C(=O)NNC(=O)c2cc(S(=O)(=O)NCc3ccco3)ccc2C)cc1OC. The van der Waals surface area contributed by atoms with Crippen LogP contribution in [-0.4, -0.2) is 33.9 Å². The van der Waals surface area contributed by atoms with Gasteiger partial charge in [0.05, 0.1) is 31.4 Å². The number of hydrazine groups is 1. The molecule has 1 heterocycles. The van der Waals surface area contributed by atoms with Crippen molar-refractivity contribution in [3.63, 3.8) is 0 Å². The highest BCUT2D eigenvalue weighted by Gasteiger charge is 2.19. The number of rotatable bonds is 9. The highest BCUT2D eigenvalue weighted by Crippen LogP contribution is 2.28. The molecule has 0 aliphatic heterocycles. The second-order valence-corrected chi connectivity index (χ2v) is 8.85. The van der Waals surface area contributed by atoms with Crippen LogP contribution in [0.3, 0.4) is 0 Å². The largest absolute Gasteiger partial charge is 0.493 e. The number of sulfonamides is 1. The fraction of sp³-hybridized carbons (Fsp3) is 0.217. The summed E-state index contributed by atoms with van der Waals surface area (Å²) in [6.45, 7) is 3.88. The maximum atomic E-state index is 12.7. The minimum atomic E-state index is -3.90. The normalized spacial score (nSPS) is 11.0. The molecule has 0 bridgehead atoms. The van der Waals surface area contributed by atoms with E-state index in [9.17, 15) is 18.0 Å². The Hall–Kier alpha value is -3.83. The number of carbonyl (C=O) groups excluding carboxylic acids is 2. The Bertz CT molecular complexity index is 1270. The number of aryl methyl sites for hydroxylation is 1. The van der Waals surface area contributed by atoms with Gasteiger partial charge in [0, 0.05) is 11.1 Å². The minimum absolute atomic E-state index is 0.0354. The summed E-state index contributed by atoms with van der Waals surface area (Å²) in [6.07, 6.45) is 1.44. The van der Waals surface area contributed by atoms with Crippen LogP contribution in [0.2, 0.25) is 0 Å². The molecule has 10 nitrogen and oxygen atoms in total. The van der Waals surface area contributed by atoms with E-state index in [0.29, 0.717) is 29.4 Å². The Morgan fingerprint density at radius 1 is 1.00 bits per heavy atom. The number of carbonyl (C=O) groups is 2. The fourth-order valence-corrected chi connectivity index (χ4v) is 4.03. The number of ether oxygens (including phenoxy) is 2. The molecule has 3 N–H and O–H groups in total. The van der Waals surface area contributed by atoms with E-state index in [0.717, 1.165) is 0 Å². The Morgan fingerprint density at radius 2 is 1.76 bits per heavy atom. The van der Waals surface area contributed by atoms with Gasteiger partial charge in [0.2, 0.25) is 10.0 Å². The van der Waals surface area contributed by atoms with Crippen molar-refractivity contribution < 1.29 is 31.9 Å². The van der Waals surface area contributed by atoms with Crippen LogP contribution in [0.4, 0.5) is 0 Å². The van der Waals surface area contributed by atoms with E-state index in [1.165, 1.54) is 43.7 Å². The van der Waals surface area contributed by atoms with Gasteiger partial charge in [0.25, 0.3) is 11.8 Å². The summed E-state index contributed by atoms with van der Waals surface area (Å²) < 4.78 is 43.4. The fourth-order valence-electron chi connectivity index (χ4n) is 3.01. The van der Waals surface area contributed by atoms with Crippen LogP contribution >= 0.6 is 0 Å². The predicted molar refractivity (Wildman–Crippen MR) is 123 cm³/mol. The summed E-state index contributed by atoms with van der Waals surface area (Å²) in [7, 11) is -2.45. The summed E-state index contributed by atoms with van der Waals surface area (Å²) in [4.78, 5) is 25.1. The van der Waals surface area contributed by atoms with Crippen molar-refractivity contribution in [2.75, 3.05) is 13.7 Å². The van der Waals surface area contributed by atoms with Crippen molar-refractivity contribution in [3.8, 4) is 11.5 Å². The van der Waals surface area contributed by atoms with Gasteiger partial charge in [-0.25, -0.2) is 13.1 Å². The van der Waals surface area contributed by atoms with Gasteiger partial charge in [0.15, 0.2) is 11.5 Å². The predicted octanol–water partition coefficient (Wildman–Crippen LogP) is 2.55. The summed E-state index contributed by atoms with van der Waals surface area (Å²) in [6, 6.07) is 12.0. The number of hydrogen-bond acceptors (Lipinski definition) is 7. The maximum Gasteiger partial charge on any atom is 0.270 e. The first-order chi connectivity index (χ1) is 16.2. The molecule has 0 saturated heterocycles. The van der Waals surface area contributed by atoms with Crippen LogP contribution in [0.1, 0.15) is 39.0 Å². The first-order valence-electron chi connectivity index (χ1n) is 10.3. The quantitative estimate of drug-likeness (QED) is 0.395. The van der Waals surface area contributed by atoms with Crippen molar-refractivity contribution in [1.82, 2.24) is 15.6 Å². The lowest BCUT2D eigenvalue weighted by Crippen LogP contribution is -2.42. The van der Waals surface area contributed by atoms with Crippen LogP contribution in [0.15, 0.2) is 64.1 Å². The molecule has 11 heteroatoms. The van der Waals surface area contributed by atoms with Gasteiger partial charge in [-0.3, -0.25) is 20.4 Å². The number of nitrogens with one attached hydrogen (secondary N) is 3. The van der Waals surface area contributed by atoms with Gasteiger partial charge in [-0.1, -0.05) is 6.07 Å². The Kier molecular flexibility index (Phi) is 7.92. The Balaban J connectivity index is 1.69. The molecular weight excluding hydrogens is 462 g/mol. The highest BCUT2D eigenvalue weighted by atomic mass is 32.2. The summed E-state index contributed by atoms with van der Waals surface area (Å²) in [5.74, 6) is 0.0434. The average Bonchev–Trinajstić information content (AvgIpc) is 3.35. The van der Waals surface area contributed by atoms with Crippen molar-refractivity contribution in [3.05, 3.63) is 77.2 Å². The summed E-state index contributed by atoms with van der Waals surface area (Å²) in [5.41, 5.74) is 5.47. The molecule has 2 amide bonds. The van der Waals surface area contributed by atoms with Crippen molar-refractivity contribution in [2.24, 2.45) is 0 Å². The molecule has 0 saturated carbocycles. The van der Waals surface area contributed by atoms with Crippen molar-refractivity contribution in [1.29, 1.82) is 0 Å². The third-order valence-corrected chi connectivity index (χ3v) is 6.19. The molecule has 0 aliphatic carbocycles. The molecule has 1 aromatic heterocycles. The second-order valence-electron chi connectivity index (χ2n) is 7.09. The van der Waals surface area contributed by atoms with E-state index in [2.05, 4.69) is 15.6 Å². The van der Waals surface area contributed by atoms with Crippen LogP contribution in [-0.2, 0) is 16.6 Å². The molecule has 3 aromatic rings. The van der Waals surface area contributed by atoms with Gasteiger partial charge < -0.3 is 13.9 Å². The minimum Gasteiger partial charge on any atom is -0.493 e. The zero-order valence-electron chi connectivity index (χ0n) is 18.9. The third kappa shape index (κ3) is 5.94. The zero-order chi connectivity index (χ0) is 24.7. The van der Waals surface area contributed by atoms with E-state index in [1.54, 1.807) is 25.1 Å². The molecule has 0 fully saturated rings. The van der Waals surface area contributed by atoms with Gasteiger partial charge in [-0.15, -0.1) is 0 Å². The van der Waals surface area contributed by atoms with Crippen LogP contribution in [0.5, 0.6) is 11.5 Å². The molecule has 0 aliphatic rings. The van der Waals surface area contributed by atoms with Crippen LogP contribution in [0.25, 0.3) is 0 Å². The summed E-state index contributed by atoms with van der Waals surface area (Å²) >= 11 is 0. The lowest BCUT2D eigenvalue weighted by Gasteiger charge is -2.13. The van der Waals surface area contributed by atoms with E-state index >= 15 is 0 Å². The van der Waals surface area contributed by atoms with Gasteiger partial charge in [0.1, 0.15) is 5.76 Å². The van der Waals surface area contributed by atoms with Crippen molar-refractivity contribution >= 4 is 21.8 Å². The van der Waals surface area contributed by atoms with E-state index in [-0.39, 0.29) is 22.6 Å². The van der Waals surface area contributed by atoms with E-state index in [1.807, 2.05) is 6.92 Å². The average molecular weight is 488 g/mol. The lowest BCUT2D eigenvalue weighted by atomic mass is 10.1. The number of furan rings is 1. The van der Waals surface area contributed by atoms with E-state index < -0.39 is 21.8 Å². The monoisotopic (exact) mass is 487 g/mol. The standard InChI is InChI=1S/C23H25N3O7S/c1-4-32-20-10-8-16(12-21(20)31-3)22(27)25-26-23(28)19-13-18(9-7-15(19)2)34(29,30)24-14-17-6-5-11-33-17/h5-13,24H,4,14H2,1-3H3,(H,25,27)(H,26,28). The number of methoxy groups -OCH3 is 1. The highest BCUT2D eigenvalue weighted by molar-refractivity contribution is 7.89. The molecule has 180 valence electrons. The zero-order valence-corrected chi connectivity index (χ0v) is 19.7.